The van der Waals surface area contributed by atoms with Crippen LogP contribution in [0.25, 0.3) is 11.4 Å². The molecule has 0 aliphatic rings. The van der Waals surface area contributed by atoms with Crippen molar-refractivity contribution in [3.8, 4) is 11.4 Å². The molecule has 0 aliphatic heterocycles. The first-order chi connectivity index (χ1) is 8.61. The summed E-state index contributed by atoms with van der Waals surface area (Å²) >= 11 is 0. The van der Waals surface area contributed by atoms with E-state index in [4.69, 9.17) is 5.11 Å². The number of aliphatic hydroxyl groups is 2. The van der Waals surface area contributed by atoms with Crippen LogP contribution in [0, 0.1) is 0 Å². The smallest absolute Gasteiger partial charge is 0.337 e. The number of aromatic carboxylic acids is 1. The molecule has 2 rings (SSSR count). The predicted molar refractivity (Wildman–Crippen MR) is 61.6 cm³/mol. The van der Waals surface area contributed by atoms with Gasteiger partial charge in [0.15, 0.2) is 6.29 Å². The van der Waals surface area contributed by atoms with Crippen molar-refractivity contribution in [3.63, 3.8) is 0 Å². The van der Waals surface area contributed by atoms with Gasteiger partial charge in [-0.05, 0) is 18.2 Å². The van der Waals surface area contributed by atoms with Gasteiger partial charge in [-0.3, -0.25) is 9.97 Å². The van der Waals surface area contributed by atoms with Crippen molar-refractivity contribution in [2.45, 2.75) is 6.29 Å². The van der Waals surface area contributed by atoms with E-state index in [1.165, 1.54) is 36.7 Å². The number of rotatable bonds is 3. The van der Waals surface area contributed by atoms with E-state index in [1.807, 2.05) is 0 Å². The molecule has 0 aromatic carbocycles. The third-order valence-corrected chi connectivity index (χ3v) is 2.38. The zero-order chi connectivity index (χ0) is 13.1. The lowest BCUT2D eigenvalue weighted by atomic mass is 10.1. The molecule has 0 spiro atoms. The minimum absolute atomic E-state index is 0.0434. The van der Waals surface area contributed by atoms with E-state index in [2.05, 4.69) is 9.97 Å². The highest BCUT2D eigenvalue weighted by Crippen LogP contribution is 2.25. The van der Waals surface area contributed by atoms with Gasteiger partial charge >= 0.3 is 5.97 Å². The lowest BCUT2D eigenvalue weighted by Crippen LogP contribution is -2.06. The maximum absolute atomic E-state index is 11.1. The van der Waals surface area contributed by atoms with Crippen molar-refractivity contribution in [2.24, 2.45) is 0 Å². The van der Waals surface area contributed by atoms with Crippen molar-refractivity contribution in [1.82, 2.24) is 9.97 Å². The number of hydrogen-bond acceptors (Lipinski definition) is 5. The van der Waals surface area contributed by atoms with Crippen molar-refractivity contribution >= 4 is 5.97 Å². The Morgan fingerprint density at radius 2 is 1.67 bits per heavy atom. The standard InChI is InChI=1S/C12H10N2O4/c15-11(16)7-3-1-5-13-9(7)10-8(12(17)18)4-2-6-14-10/h1-6,11,15-16H,(H,17,18). The Hall–Kier alpha value is -2.31. The van der Waals surface area contributed by atoms with Crippen molar-refractivity contribution < 1.29 is 20.1 Å². The lowest BCUT2D eigenvalue weighted by molar-refractivity contribution is -0.0422. The fraction of sp³-hybridized carbons (Fsp3) is 0.0833. The Morgan fingerprint density at radius 3 is 2.28 bits per heavy atom. The molecule has 2 heterocycles. The highest BCUT2D eigenvalue weighted by Gasteiger charge is 2.18. The zero-order valence-corrected chi connectivity index (χ0v) is 9.19. The van der Waals surface area contributed by atoms with Gasteiger partial charge in [-0.15, -0.1) is 0 Å². The first-order valence-corrected chi connectivity index (χ1v) is 5.11. The van der Waals surface area contributed by atoms with Gasteiger partial charge in [-0.2, -0.15) is 0 Å². The topological polar surface area (TPSA) is 104 Å². The highest BCUT2D eigenvalue weighted by molar-refractivity contribution is 5.94. The SMILES string of the molecule is O=C(O)c1cccnc1-c1ncccc1C(O)O. The van der Waals surface area contributed by atoms with Gasteiger partial charge in [0.05, 0.1) is 11.3 Å². The normalized spacial score (nSPS) is 10.6. The third kappa shape index (κ3) is 2.20. The Kier molecular flexibility index (Phi) is 3.31. The van der Waals surface area contributed by atoms with Gasteiger partial charge in [0, 0.05) is 18.0 Å². The minimum atomic E-state index is -1.74. The van der Waals surface area contributed by atoms with Gasteiger partial charge in [-0.1, -0.05) is 6.07 Å². The molecule has 18 heavy (non-hydrogen) atoms. The van der Waals surface area contributed by atoms with Gasteiger partial charge in [0.2, 0.25) is 0 Å². The molecule has 0 unspecified atom stereocenters. The molecule has 6 heteroatoms. The fourth-order valence-corrected chi connectivity index (χ4v) is 1.59. The van der Waals surface area contributed by atoms with E-state index in [-0.39, 0.29) is 22.5 Å². The van der Waals surface area contributed by atoms with Gasteiger partial charge in [-0.25, -0.2) is 4.79 Å². The molecule has 0 bridgehead atoms. The average Bonchev–Trinajstić information content (AvgIpc) is 2.38. The monoisotopic (exact) mass is 246 g/mol. The number of carboxylic acids is 1. The molecule has 0 fully saturated rings. The van der Waals surface area contributed by atoms with E-state index in [0.29, 0.717) is 0 Å². The molecule has 0 saturated carbocycles. The number of carbonyl (C=O) groups is 1. The Bertz CT molecular complexity index is 584. The van der Waals surface area contributed by atoms with Crippen LogP contribution in [0.3, 0.4) is 0 Å². The Labute approximate surface area is 102 Å². The van der Waals surface area contributed by atoms with E-state index < -0.39 is 12.3 Å². The minimum Gasteiger partial charge on any atom is -0.478 e. The van der Waals surface area contributed by atoms with Gasteiger partial charge < -0.3 is 15.3 Å². The quantitative estimate of drug-likeness (QED) is 0.693. The maximum atomic E-state index is 11.1. The molecule has 0 aliphatic carbocycles. The highest BCUT2D eigenvalue weighted by atomic mass is 16.5. The molecule has 6 nitrogen and oxygen atoms in total. The first-order valence-electron chi connectivity index (χ1n) is 5.11. The van der Waals surface area contributed by atoms with Crippen molar-refractivity contribution in [1.29, 1.82) is 0 Å². The third-order valence-electron chi connectivity index (χ3n) is 2.38. The first kappa shape index (κ1) is 12.2. The van der Waals surface area contributed by atoms with Crippen LogP contribution in [-0.2, 0) is 0 Å². The van der Waals surface area contributed by atoms with Crippen LogP contribution in [0.2, 0.25) is 0 Å². The second-order valence-electron chi connectivity index (χ2n) is 3.52. The molecule has 0 atom stereocenters. The van der Waals surface area contributed by atoms with Crippen LogP contribution in [0.1, 0.15) is 22.2 Å². The number of aliphatic hydroxyl groups excluding tert-OH is 1. The van der Waals surface area contributed by atoms with Crippen LogP contribution in [-0.4, -0.2) is 31.3 Å². The Balaban J connectivity index is 2.66. The number of hydrogen-bond donors (Lipinski definition) is 3. The van der Waals surface area contributed by atoms with Crippen molar-refractivity contribution in [3.05, 3.63) is 47.8 Å². The summed E-state index contributed by atoms with van der Waals surface area (Å²) in [6.07, 6.45) is 1.11. The van der Waals surface area contributed by atoms with Gasteiger partial charge in [0.1, 0.15) is 5.69 Å². The number of carboxylic acid groups (broad SMARTS) is 1. The molecule has 0 amide bonds. The summed E-state index contributed by atoms with van der Waals surface area (Å²) in [4.78, 5) is 19.0. The van der Waals surface area contributed by atoms with E-state index in [9.17, 15) is 15.0 Å². The summed E-state index contributed by atoms with van der Waals surface area (Å²) in [7, 11) is 0. The van der Waals surface area contributed by atoms with Crippen LogP contribution < -0.4 is 0 Å². The fourth-order valence-electron chi connectivity index (χ4n) is 1.59. The molecule has 2 aromatic heterocycles. The summed E-state index contributed by atoms with van der Waals surface area (Å²) in [5.41, 5.74) is 0.316. The zero-order valence-electron chi connectivity index (χ0n) is 9.19. The molecular formula is C12H10N2O4. The summed E-state index contributed by atoms with van der Waals surface area (Å²) in [5, 5.41) is 27.5. The van der Waals surface area contributed by atoms with E-state index >= 15 is 0 Å². The maximum Gasteiger partial charge on any atom is 0.337 e. The average molecular weight is 246 g/mol. The summed E-state index contributed by atoms with van der Waals surface area (Å²) < 4.78 is 0. The van der Waals surface area contributed by atoms with Crippen LogP contribution >= 0.6 is 0 Å². The molecule has 3 N–H and O–H groups in total. The summed E-state index contributed by atoms with van der Waals surface area (Å²) in [6, 6.07) is 5.85. The second-order valence-corrected chi connectivity index (χ2v) is 3.52. The van der Waals surface area contributed by atoms with Crippen LogP contribution in [0.5, 0.6) is 0 Å². The molecular weight excluding hydrogens is 236 g/mol. The summed E-state index contributed by atoms with van der Waals surface area (Å²) in [5.74, 6) is -1.15. The number of pyridine rings is 2. The van der Waals surface area contributed by atoms with Crippen LogP contribution in [0.15, 0.2) is 36.7 Å². The lowest BCUT2D eigenvalue weighted by Gasteiger charge is -2.10. The number of aromatic nitrogens is 2. The van der Waals surface area contributed by atoms with Gasteiger partial charge in [0.25, 0.3) is 0 Å². The largest absolute Gasteiger partial charge is 0.478 e. The van der Waals surface area contributed by atoms with E-state index in [1.54, 1.807) is 0 Å². The molecule has 0 saturated heterocycles. The van der Waals surface area contributed by atoms with E-state index in [0.717, 1.165) is 0 Å². The predicted octanol–water partition coefficient (Wildman–Crippen LogP) is 0.825. The number of nitrogens with zero attached hydrogens (tertiary/aromatic N) is 2. The summed E-state index contributed by atoms with van der Waals surface area (Å²) in [6.45, 7) is 0. The molecule has 92 valence electrons. The molecule has 0 radical (unpaired) electrons. The van der Waals surface area contributed by atoms with Crippen molar-refractivity contribution in [2.75, 3.05) is 0 Å². The van der Waals surface area contributed by atoms with Crippen LogP contribution in [0.4, 0.5) is 0 Å². The Morgan fingerprint density at radius 1 is 1.06 bits per heavy atom. The second kappa shape index (κ2) is 4.91. The molecule has 2 aromatic rings.